The van der Waals surface area contributed by atoms with Crippen LogP contribution in [0.15, 0.2) is 157 Å². The number of benzene rings is 5. The highest BCUT2D eigenvalue weighted by Crippen LogP contribution is 2.37. The minimum absolute atomic E-state index is 0.222. The van der Waals surface area contributed by atoms with Gasteiger partial charge in [-0.25, -0.2) is 12.4 Å². The third-order valence-electron chi connectivity index (χ3n) is 9.64. The molecule has 0 N–H and O–H groups in total. The van der Waals surface area contributed by atoms with Crippen molar-refractivity contribution in [3.05, 3.63) is 174 Å². The van der Waals surface area contributed by atoms with Crippen molar-refractivity contribution in [2.75, 3.05) is 13.2 Å². The lowest BCUT2D eigenvalue weighted by molar-refractivity contribution is -0.372. The molecule has 2 aliphatic heterocycles. The van der Waals surface area contributed by atoms with E-state index in [1.807, 2.05) is 115 Å². The van der Waals surface area contributed by atoms with Crippen LogP contribution in [0.4, 0.5) is 0 Å². The smallest absolute Gasteiger partial charge is 0.268 e. The first-order valence-corrected chi connectivity index (χ1v) is 19.3. The maximum atomic E-state index is 13.7. The molecule has 0 aliphatic carbocycles. The summed E-state index contributed by atoms with van der Waals surface area (Å²) in [7, 11) is -3.82. The molecule has 3 heterocycles. The van der Waals surface area contributed by atoms with Crippen LogP contribution in [0.3, 0.4) is 0 Å². The Hall–Kier alpha value is -4.65. The lowest BCUT2D eigenvalue weighted by Gasteiger charge is -2.49. The third-order valence-corrected chi connectivity index (χ3v) is 11.3. The van der Waals surface area contributed by atoms with Crippen molar-refractivity contribution in [1.29, 1.82) is 0 Å². The molecular formula is C43H41NO8S. The molecule has 2 fully saturated rings. The maximum Gasteiger partial charge on any atom is 0.268 e. The Morgan fingerprint density at radius 2 is 1.23 bits per heavy atom. The summed E-state index contributed by atoms with van der Waals surface area (Å²) < 4.78 is 68.2. The summed E-state index contributed by atoms with van der Waals surface area (Å²) in [5, 5.41) is 0.835. The summed E-state index contributed by atoms with van der Waals surface area (Å²) in [5.74, 6) is 0. The van der Waals surface area contributed by atoms with Crippen LogP contribution < -0.4 is 0 Å². The quantitative estimate of drug-likeness (QED) is 0.121. The van der Waals surface area contributed by atoms with Gasteiger partial charge in [-0.05, 0) is 41.3 Å². The molecule has 5 aromatic carbocycles. The average Bonchev–Trinajstić information content (AvgIpc) is 3.60. The molecule has 6 aromatic rings. The van der Waals surface area contributed by atoms with E-state index in [1.165, 1.54) is 3.97 Å². The van der Waals surface area contributed by atoms with Crippen molar-refractivity contribution < 1.29 is 36.8 Å². The SMILES string of the molecule is O=S(=O)(c1ccccc1)n1cc(CCO[C@H]2O[C@H]3COC(c4ccccc4)O[C@@H]3[C@@H](OCc3ccccc3)[C@@H]2OCc2ccccc2)c2ccccc21. The Balaban J connectivity index is 1.07. The fourth-order valence-electron chi connectivity index (χ4n) is 6.97. The van der Waals surface area contributed by atoms with Gasteiger partial charge in [0.1, 0.15) is 24.4 Å². The van der Waals surface area contributed by atoms with Crippen molar-refractivity contribution >= 4 is 20.9 Å². The normalized spacial score (nSPS) is 23.1. The second-order valence-electron chi connectivity index (χ2n) is 13.1. The van der Waals surface area contributed by atoms with Crippen molar-refractivity contribution in [1.82, 2.24) is 3.97 Å². The molecule has 0 saturated carbocycles. The first-order valence-electron chi connectivity index (χ1n) is 17.8. The van der Waals surface area contributed by atoms with Gasteiger partial charge in [-0.3, -0.25) is 0 Å². The van der Waals surface area contributed by atoms with Crippen LogP contribution in [0.2, 0.25) is 0 Å². The monoisotopic (exact) mass is 731 g/mol. The summed E-state index contributed by atoms with van der Waals surface area (Å²) in [6, 6.07) is 45.7. The Kier molecular flexibility index (Phi) is 10.8. The largest absolute Gasteiger partial charge is 0.368 e. The predicted octanol–water partition coefficient (Wildman–Crippen LogP) is 7.45. The molecule has 2 saturated heterocycles. The van der Waals surface area contributed by atoms with E-state index in [0.29, 0.717) is 25.2 Å². The number of nitrogens with zero attached hydrogens (tertiary/aromatic N) is 1. The van der Waals surface area contributed by atoms with Crippen molar-refractivity contribution in [2.45, 2.75) is 61.5 Å². The number of aromatic nitrogens is 1. The van der Waals surface area contributed by atoms with Gasteiger partial charge in [0.25, 0.3) is 10.0 Å². The Morgan fingerprint density at radius 3 is 1.91 bits per heavy atom. The second-order valence-corrected chi connectivity index (χ2v) is 15.0. The van der Waals surface area contributed by atoms with E-state index in [-0.39, 0.29) is 18.1 Å². The van der Waals surface area contributed by atoms with Crippen LogP contribution >= 0.6 is 0 Å². The molecule has 0 radical (unpaired) electrons. The van der Waals surface area contributed by atoms with Crippen molar-refractivity contribution in [3.8, 4) is 0 Å². The average molecular weight is 732 g/mol. The van der Waals surface area contributed by atoms with Gasteiger partial charge in [0.05, 0.1) is 36.8 Å². The van der Waals surface area contributed by atoms with Crippen LogP contribution in [0.5, 0.6) is 0 Å². The molecule has 8 rings (SSSR count). The topological polar surface area (TPSA) is 94.5 Å². The van der Waals surface area contributed by atoms with Crippen molar-refractivity contribution in [2.24, 2.45) is 0 Å². The van der Waals surface area contributed by atoms with Crippen LogP contribution in [0.1, 0.15) is 28.5 Å². The van der Waals surface area contributed by atoms with E-state index in [1.54, 1.807) is 36.5 Å². The summed E-state index contributed by atoms with van der Waals surface area (Å²) in [6.07, 6.45) is -1.56. The molecular weight excluding hydrogens is 691 g/mol. The number of para-hydroxylation sites is 1. The molecule has 9 nitrogen and oxygen atoms in total. The first kappa shape index (κ1) is 35.4. The zero-order valence-corrected chi connectivity index (χ0v) is 29.9. The van der Waals surface area contributed by atoms with Gasteiger partial charge in [0.2, 0.25) is 0 Å². The molecule has 53 heavy (non-hydrogen) atoms. The highest BCUT2D eigenvalue weighted by molar-refractivity contribution is 7.90. The summed E-state index contributed by atoms with van der Waals surface area (Å²) in [6.45, 7) is 1.14. The fourth-order valence-corrected chi connectivity index (χ4v) is 8.38. The highest BCUT2D eigenvalue weighted by atomic mass is 32.2. The highest BCUT2D eigenvalue weighted by Gasteiger charge is 2.52. The zero-order valence-electron chi connectivity index (χ0n) is 29.1. The molecule has 2 aliphatic rings. The van der Waals surface area contributed by atoms with E-state index < -0.39 is 47.0 Å². The maximum absolute atomic E-state index is 13.7. The Morgan fingerprint density at radius 1 is 0.642 bits per heavy atom. The molecule has 272 valence electrons. The van der Waals surface area contributed by atoms with Gasteiger partial charge >= 0.3 is 0 Å². The summed E-state index contributed by atoms with van der Waals surface area (Å²) in [5.41, 5.74) is 4.36. The number of hydrogen-bond acceptors (Lipinski definition) is 8. The third kappa shape index (κ3) is 7.85. The molecule has 0 amide bonds. The molecule has 10 heteroatoms. The van der Waals surface area contributed by atoms with Gasteiger partial charge < -0.3 is 28.4 Å². The van der Waals surface area contributed by atoms with Crippen LogP contribution in [0, 0.1) is 0 Å². The zero-order chi connectivity index (χ0) is 36.0. The molecule has 0 spiro atoms. The minimum atomic E-state index is -3.82. The van der Waals surface area contributed by atoms with Gasteiger partial charge in [-0.15, -0.1) is 0 Å². The van der Waals surface area contributed by atoms with E-state index in [9.17, 15) is 8.42 Å². The Bertz CT molecular complexity index is 2180. The fraction of sp³-hybridized carbons (Fsp3) is 0.256. The molecule has 0 bridgehead atoms. The van der Waals surface area contributed by atoms with Gasteiger partial charge in [0, 0.05) is 17.1 Å². The lowest BCUT2D eigenvalue weighted by atomic mass is 9.97. The van der Waals surface area contributed by atoms with Gasteiger partial charge in [-0.2, -0.15) is 0 Å². The van der Waals surface area contributed by atoms with E-state index in [0.717, 1.165) is 27.6 Å². The number of rotatable bonds is 13. The summed E-state index contributed by atoms with van der Waals surface area (Å²) in [4.78, 5) is 0.222. The van der Waals surface area contributed by atoms with Crippen LogP contribution in [-0.2, 0) is 58.1 Å². The van der Waals surface area contributed by atoms with E-state index in [2.05, 4.69) is 0 Å². The first-order chi connectivity index (χ1) is 26.0. The predicted molar refractivity (Wildman–Crippen MR) is 199 cm³/mol. The van der Waals surface area contributed by atoms with E-state index in [4.69, 9.17) is 28.4 Å². The van der Waals surface area contributed by atoms with Crippen LogP contribution in [-0.4, -0.2) is 56.3 Å². The van der Waals surface area contributed by atoms with Crippen LogP contribution in [0.25, 0.3) is 10.9 Å². The lowest BCUT2D eigenvalue weighted by Crippen LogP contribution is -2.63. The van der Waals surface area contributed by atoms with Gasteiger partial charge in [0.15, 0.2) is 12.6 Å². The minimum Gasteiger partial charge on any atom is -0.368 e. The molecule has 1 aromatic heterocycles. The van der Waals surface area contributed by atoms with Crippen molar-refractivity contribution in [3.63, 3.8) is 0 Å². The van der Waals surface area contributed by atoms with Gasteiger partial charge in [-0.1, -0.05) is 127 Å². The number of ether oxygens (including phenoxy) is 6. The Labute approximate surface area is 309 Å². The second kappa shape index (κ2) is 16.2. The number of hydrogen-bond donors (Lipinski definition) is 0. The van der Waals surface area contributed by atoms with E-state index >= 15 is 0 Å². The number of fused-ring (bicyclic) bond motifs is 2. The standard InChI is InChI=1S/C43H41NO8S/c45-53(46,35-21-11-4-12-22-35)44-27-34(36-23-13-14-24-37(36)44)25-26-47-43-41(49-29-32-17-7-2-8-18-32)40(48-28-31-15-5-1-6-16-31)39-38(51-43)30-50-42(52-39)33-19-9-3-10-20-33/h1-24,27,38-43H,25-26,28-30H2/t38-,39-,40+,41-,42?,43-/m0/s1. The summed E-state index contributed by atoms with van der Waals surface area (Å²) >= 11 is 0. The molecule has 6 atom stereocenters. The molecule has 1 unspecified atom stereocenters.